The molecule has 1 unspecified atom stereocenters. The molecule has 0 radical (unpaired) electrons. The predicted molar refractivity (Wildman–Crippen MR) is 36.4 cm³/mol. The van der Waals surface area contributed by atoms with E-state index in [9.17, 15) is 13.0 Å². The van der Waals surface area contributed by atoms with Crippen molar-refractivity contribution in [2.75, 3.05) is 5.75 Å². The minimum absolute atomic E-state index is 0.218. The molecular formula is C3H9O5PS. The molecule has 0 amide bonds. The van der Waals surface area contributed by atoms with Gasteiger partial charge in [-0.25, -0.2) is 0 Å². The van der Waals surface area contributed by atoms with Crippen molar-refractivity contribution < 1.29 is 21.8 Å². The normalized spacial score (nSPS) is 15.0. The molecule has 0 aromatic rings. The zero-order valence-electron chi connectivity index (χ0n) is 5.40. The van der Waals surface area contributed by atoms with Crippen LogP contribution in [0.1, 0.15) is 13.3 Å². The zero-order valence-corrected chi connectivity index (χ0v) is 7.22. The summed E-state index contributed by atoms with van der Waals surface area (Å²) in [6.07, 6.45) is 0.373. The van der Waals surface area contributed by atoms with Gasteiger partial charge in [-0.3, -0.25) is 4.57 Å². The summed E-state index contributed by atoms with van der Waals surface area (Å²) in [7, 11) is -7.10. The second-order valence-electron chi connectivity index (χ2n) is 1.61. The summed E-state index contributed by atoms with van der Waals surface area (Å²) in [6, 6.07) is 0. The summed E-state index contributed by atoms with van der Waals surface area (Å²) >= 11 is 0. The Bertz CT molecular complexity index is 207. The van der Waals surface area contributed by atoms with Gasteiger partial charge >= 0.3 is 8.25 Å². The first kappa shape index (κ1) is 10.1. The Hall–Kier alpha value is 0.1000. The lowest BCUT2D eigenvalue weighted by Crippen LogP contribution is -2.04. The Morgan fingerprint density at radius 1 is 1.60 bits per heavy atom. The average Bonchev–Trinajstić information content (AvgIpc) is 1.59. The summed E-state index contributed by atoms with van der Waals surface area (Å²) in [4.78, 5) is 8.06. The first-order valence-electron chi connectivity index (χ1n) is 2.63. The quantitative estimate of drug-likeness (QED) is 0.634. The highest BCUT2D eigenvalue weighted by atomic mass is 32.2. The van der Waals surface area contributed by atoms with E-state index in [-0.39, 0.29) is 5.75 Å². The zero-order chi connectivity index (χ0) is 8.20. The van der Waals surface area contributed by atoms with Crippen LogP contribution in [-0.4, -0.2) is 19.1 Å². The lowest BCUT2D eigenvalue weighted by atomic mass is 10.6. The van der Waals surface area contributed by atoms with Crippen molar-refractivity contribution in [3.8, 4) is 0 Å². The highest BCUT2D eigenvalue weighted by Gasteiger charge is 2.11. The van der Waals surface area contributed by atoms with Crippen LogP contribution < -0.4 is 0 Å². The van der Waals surface area contributed by atoms with Gasteiger partial charge in [0.2, 0.25) is 0 Å². The molecule has 0 aliphatic rings. The van der Waals surface area contributed by atoms with Crippen LogP contribution in [-0.2, 0) is 18.7 Å². The maximum Gasteiger partial charge on any atom is 0.331 e. The monoisotopic (exact) mass is 188 g/mol. The third-order valence-corrected chi connectivity index (χ3v) is 3.15. The fourth-order valence-corrected chi connectivity index (χ4v) is 2.10. The molecule has 0 bridgehead atoms. The van der Waals surface area contributed by atoms with Crippen molar-refractivity contribution in [1.82, 2.24) is 0 Å². The van der Waals surface area contributed by atoms with E-state index >= 15 is 0 Å². The summed E-state index contributed by atoms with van der Waals surface area (Å²) < 4.78 is 34.6. The van der Waals surface area contributed by atoms with Crippen molar-refractivity contribution in [2.24, 2.45) is 0 Å². The van der Waals surface area contributed by atoms with Crippen LogP contribution in [0.15, 0.2) is 0 Å². The fraction of sp³-hybridized carbons (Fsp3) is 1.00. The molecule has 62 valence electrons. The number of rotatable bonds is 4. The molecule has 0 fully saturated rings. The smallest absolute Gasteiger partial charge is 0.326 e. The molecule has 0 aromatic carbocycles. The van der Waals surface area contributed by atoms with Crippen molar-refractivity contribution in [1.29, 1.82) is 0 Å². The maximum atomic E-state index is 10.5. The van der Waals surface area contributed by atoms with E-state index in [2.05, 4.69) is 3.97 Å². The molecule has 10 heavy (non-hydrogen) atoms. The molecule has 0 saturated heterocycles. The molecule has 0 aromatic heterocycles. The Morgan fingerprint density at radius 2 is 2.10 bits per heavy atom. The minimum atomic E-state index is -3.75. The van der Waals surface area contributed by atoms with Crippen LogP contribution in [0.25, 0.3) is 0 Å². The van der Waals surface area contributed by atoms with Crippen LogP contribution in [0.3, 0.4) is 0 Å². The fourth-order valence-electron chi connectivity index (χ4n) is 0.400. The molecule has 0 spiro atoms. The second-order valence-corrected chi connectivity index (χ2v) is 4.33. The first-order valence-corrected chi connectivity index (χ1v) is 5.47. The van der Waals surface area contributed by atoms with Gasteiger partial charge in [-0.05, 0) is 6.42 Å². The van der Waals surface area contributed by atoms with Crippen LogP contribution in [0.4, 0.5) is 0 Å². The molecule has 7 heteroatoms. The highest BCUT2D eigenvalue weighted by molar-refractivity contribution is 7.89. The van der Waals surface area contributed by atoms with Gasteiger partial charge in [0.1, 0.15) is 0 Å². The van der Waals surface area contributed by atoms with Gasteiger partial charge in [0, 0.05) is 0 Å². The van der Waals surface area contributed by atoms with Crippen LogP contribution >= 0.6 is 8.25 Å². The molecule has 1 N–H and O–H groups in total. The third kappa shape index (κ3) is 4.93. The van der Waals surface area contributed by atoms with Crippen molar-refractivity contribution >= 4 is 18.4 Å². The van der Waals surface area contributed by atoms with Gasteiger partial charge in [-0.2, -0.15) is 12.4 Å². The largest absolute Gasteiger partial charge is 0.331 e. The van der Waals surface area contributed by atoms with E-state index in [1.54, 1.807) is 6.92 Å². The van der Waals surface area contributed by atoms with Gasteiger partial charge in [-0.1, -0.05) is 6.92 Å². The van der Waals surface area contributed by atoms with Crippen molar-refractivity contribution in [3.63, 3.8) is 0 Å². The van der Waals surface area contributed by atoms with E-state index in [1.165, 1.54) is 0 Å². The van der Waals surface area contributed by atoms with Gasteiger partial charge in [0.25, 0.3) is 10.1 Å². The Labute approximate surface area is 60.1 Å². The maximum absolute atomic E-state index is 10.5. The molecule has 0 saturated carbocycles. The lowest BCUT2D eigenvalue weighted by molar-refractivity contribution is 0.404. The second kappa shape index (κ2) is 4.08. The third-order valence-electron chi connectivity index (χ3n) is 0.652. The first-order chi connectivity index (χ1) is 4.48. The topological polar surface area (TPSA) is 80.7 Å². The molecule has 0 aliphatic carbocycles. The molecule has 0 heterocycles. The van der Waals surface area contributed by atoms with Gasteiger partial charge in [0.15, 0.2) is 0 Å². The van der Waals surface area contributed by atoms with E-state index in [0.717, 1.165) is 0 Å². The lowest BCUT2D eigenvalue weighted by Gasteiger charge is -1.97. The summed E-state index contributed by atoms with van der Waals surface area (Å²) in [5.41, 5.74) is 0. The standard InChI is InChI=1S/C3H9O5PS/c1-2-3-10(6,7)8-9(4)5/h9H,2-3H2,1H3,(H,4,5). The molecule has 5 nitrogen and oxygen atoms in total. The van der Waals surface area contributed by atoms with Crippen LogP contribution in [0.2, 0.25) is 0 Å². The molecule has 0 aliphatic heterocycles. The predicted octanol–water partition coefficient (Wildman–Crippen LogP) is 0.125. The Morgan fingerprint density at radius 3 is 2.40 bits per heavy atom. The minimum Gasteiger partial charge on any atom is -0.326 e. The molecular weight excluding hydrogens is 179 g/mol. The van der Waals surface area contributed by atoms with Gasteiger partial charge in [0.05, 0.1) is 5.75 Å². The molecule has 1 atom stereocenters. The van der Waals surface area contributed by atoms with E-state index in [0.29, 0.717) is 6.42 Å². The number of hydrogen-bond donors (Lipinski definition) is 1. The average molecular weight is 188 g/mol. The van der Waals surface area contributed by atoms with Crippen molar-refractivity contribution in [3.05, 3.63) is 0 Å². The van der Waals surface area contributed by atoms with Crippen molar-refractivity contribution in [2.45, 2.75) is 13.3 Å². The summed E-state index contributed by atoms with van der Waals surface area (Å²) in [5.74, 6) is -0.218. The van der Waals surface area contributed by atoms with Gasteiger partial charge in [-0.15, -0.1) is 0 Å². The highest BCUT2D eigenvalue weighted by Crippen LogP contribution is 2.19. The number of hydrogen-bond acceptors (Lipinski definition) is 4. The van der Waals surface area contributed by atoms with Crippen LogP contribution in [0.5, 0.6) is 0 Å². The Balaban J connectivity index is 4.02. The van der Waals surface area contributed by atoms with Gasteiger partial charge < -0.3 is 4.89 Å². The van der Waals surface area contributed by atoms with E-state index in [4.69, 9.17) is 4.89 Å². The SMILES string of the molecule is CCCS(=O)(=O)O[PH](=O)O. The summed E-state index contributed by atoms with van der Waals surface area (Å²) in [6.45, 7) is 1.63. The Kier molecular flexibility index (Phi) is 4.12. The van der Waals surface area contributed by atoms with E-state index < -0.39 is 18.4 Å². The summed E-state index contributed by atoms with van der Waals surface area (Å²) in [5, 5.41) is 0. The van der Waals surface area contributed by atoms with Crippen LogP contribution in [0, 0.1) is 0 Å². The van der Waals surface area contributed by atoms with E-state index in [1.807, 2.05) is 0 Å². The molecule has 0 rings (SSSR count).